The summed E-state index contributed by atoms with van der Waals surface area (Å²) in [6.45, 7) is 0. The van der Waals surface area contributed by atoms with Gasteiger partial charge in [-0.15, -0.1) is 0 Å². The number of aromatic nitrogens is 3. The maximum absolute atomic E-state index is 13.8. The van der Waals surface area contributed by atoms with Gasteiger partial charge in [-0.3, -0.25) is 4.98 Å². The third-order valence-corrected chi connectivity index (χ3v) is 9.04. The van der Waals surface area contributed by atoms with E-state index in [1.54, 1.807) is 24.5 Å². The van der Waals surface area contributed by atoms with Gasteiger partial charge in [-0.1, -0.05) is 103 Å². The monoisotopic (exact) mass is 603 g/mol. The molecule has 0 saturated carbocycles. The standard InChI is InChI=1S/C43H26FN3/c44-36-18-14-31(15-19-36)40-26-39(30-8-4-27(5-9-30)28-22-24-45-25-23-28)46-43(47-40)35-12-6-29(7-13-35)37-20-16-34-11-10-32-2-1-3-33-17-21-38(37)42(34)41(32)33/h1-26H. The Morgan fingerprint density at radius 1 is 0.404 bits per heavy atom. The molecule has 3 nitrogen and oxygen atoms in total. The van der Waals surface area contributed by atoms with Gasteiger partial charge in [0.05, 0.1) is 11.4 Å². The molecule has 0 atom stereocenters. The van der Waals surface area contributed by atoms with E-state index in [9.17, 15) is 4.39 Å². The molecule has 0 fully saturated rings. The summed E-state index contributed by atoms with van der Waals surface area (Å²) in [4.78, 5) is 14.1. The van der Waals surface area contributed by atoms with Gasteiger partial charge in [-0.25, -0.2) is 14.4 Å². The van der Waals surface area contributed by atoms with E-state index < -0.39 is 0 Å². The summed E-state index contributed by atoms with van der Waals surface area (Å²) in [6.07, 6.45) is 3.59. The van der Waals surface area contributed by atoms with Crippen LogP contribution in [0.1, 0.15) is 0 Å². The van der Waals surface area contributed by atoms with E-state index in [2.05, 4.69) is 108 Å². The molecule has 2 heterocycles. The van der Waals surface area contributed by atoms with E-state index >= 15 is 0 Å². The quantitative estimate of drug-likeness (QED) is 0.184. The van der Waals surface area contributed by atoms with Crippen molar-refractivity contribution in [1.82, 2.24) is 15.0 Å². The van der Waals surface area contributed by atoms with Crippen molar-refractivity contribution in [2.24, 2.45) is 0 Å². The fourth-order valence-corrected chi connectivity index (χ4v) is 6.66. The Hall–Kier alpha value is -6.26. The van der Waals surface area contributed by atoms with E-state index in [1.165, 1.54) is 50.0 Å². The van der Waals surface area contributed by atoms with E-state index in [-0.39, 0.29) is 5.82 Å². The van der Waals surface area contributed by atoms with Crippen LogP contribution in [0.15, 0.2) is 158 Å². The van der Waals surface area contributed by atoms with Gasteiger partial charge in [-0.2, -0.15) is 0 Å². The molecule has 220 valence electrons. The minimum Gasteiger partial charge on any atom is -0.265 e. The van der Waals surface area contributed by atoms with Gasteiger partial charge < -0.3 is 0 Å². The van der Waals surface area contributed by atoms with Crippen molar-refractivity contribution in [3.05, 3.63) is 164 Å². The van der Waals surface area contributed by atoms with Crippen molar-refractivity contribution in [3.8, 4) is 56.2 Å². The second kappa shape index (κ2) is 11.0. The minimum absolute atomic E-state index is 0.280. The molecule has 0 aliphatic carbocycles. The molecule has 9 aromatic rings. The summed E-state index contributed by atoms with van der Waals surface area (Å²) in [6, 6.07) is 49.1. The van der Waals surface area contributed by atoms with Crippen molar-refractivity contribution < 1.29 is 4.39 Å². The highest BCUT2D eigenvalue weighted by atomic mass is 19.1. The van der Waals surface area contributed by atoms with Crippen LogP contribution in [0, 0.1) is 5.82 Å². The molecular weight excluding hydrogens is 577 g/mol. The first-order chi connectivity index (χ1) is 23.2. The molecule has 0 amide bonds. The second-order valence-electron chi connectivity index (χ2n) is 11.8. The number of benzene rings is 7. The topological polar surface area (TPSA) is 38.7 Å². The number of halogens is 1. The summed E-state index contributed by atoms with van der Waals surface area (Å²) < 4.78 is 13.8. The number of nitrogens with zero attached hydrogens (tertiary/aromatic N) is 3. The lowest BCUT2D eigenvalue weighted by Gasteiger charge is -2.14. The number of rotatable bonds is 5. The molecule has 0 radical (unpaired) electrons. The highest BCUT2D eigenvalue weighted by Crippen LogP contribution is 2.39. The predicted molar refractivity (Wildman–Crippen MR) is 191 cm³/mol. The summed E-state index contributed by atoms with van der Waals surface area (Å²) in [5, 5.41) is 7.62. The molecule has 0 bridgehead atoms. The lowest BCUT2D eigenvalue weighted by atomic mass is 9.90. The Balaban J connectivity index is 1.13. The van der Waals surface area contributed by atoms with E-state index in [4.69, 9.17) is 9.97 Å². The molecule has 0 unspecified atom stereocenters. The third-order valence-electron chi connectivity index (χ3n) is 9.04. The zero-order chi connectivity index (χ0) is 31.3. The van der Waals surface area contributed by atoms with Crippen LogP contribution in [0.2, 0.25) is 0 Å². The number of hydrogen-bond acceptors (Lipinski definition) is 3. The fraction of sp³-hybridized carbons (Fsp3) is 0. The molecule has 0 spiro atoms. The van der Waals surface area contributed by atoms with Crippen LogP contribution in [0.3, 0.4) is 0 Å². The van der Waals surface area contributed by atoms with Crippen molar-refractivity contribution in [2.75, 3.05) is 0 Å². The zero-order valence-corrected chi connectivity index (χ0v) is 25.2. The second-order valence-corrected chi connectivity index (χ2v) is 11.8. The van der Waals surface area contributed by atoms with Gasteiger partial charge in [0.15, 0.2) is 5.82 Å². The first kappa shape index (κ1) is 27.1. The highest BCUT2D eigenvalue weighted by molar-refractivity contribution is 6.25. The van der Waals surface area contributed by atoms with Crippen LogP contribution in [0.5, 0.6) is 0 Å². The maximum atomic E-state index is 13.8. The zero-order valence-electron chi connectivity index (χ0n) is 25.2. The van der Waals surface area contributed by atoms with Gasteiger partial charge in [-0.05, 0) is 97.0 Å². The molecule has 0 aliphatic rings. The van der Waals surface area contributed by atoms with Crippen molar-refractivity contribution >= 4 is 32.3 Å². The Bertz CT molecular complexity index is 2530. The van der Waals surface area contributed by atoms with Crippen LogP contribution < -0.4 is 0 Å². The molecule has 47 heavy (non-hydrogen) atoms. The van der Waals surface area contributed by atoms with Gasteiger partial charge >= 0.3 is 0 Å². The van der Waals surface area contributed by atoms with Crippen LogP contribution >= 0.6 is 0 Å². The first-order valence-electron chi connectivity index (χ1n) is 15.6. The highest BCUT2D eigenvalue weighted by Gasteiger charge is 2.14. The van der Waals surface area contributed by atoms with Crippen LogP contribution in [-0.4, -0.2) is 15.0 Å². The third kappa shape index (κ3) is 4.79. The van der Waals surface area contributed by atoms with E-state index in [0.29, 0.717) is 5.82 Å². The average Bonchev–Trinajstić information content (AvgIpc) is 3.14. The lowest BCUT2D eigenvalue weighted by Crippen LogP contribution is -1.96. The average molecular weight is 604 g/mol. The fourth-order valence-electron chi connectivity index (χ4n) is 6.66. The van der Waals surface area contributed by atoms with Crippen molar-refractivity contribution in [2.45, 2.75) is 0 Å². The Morgan fingerprint density at radius 3 is 1.60 bits per heavy atom. The summed E-state index contributed by atoms with van der Waals surface area (Å²) >= 11 is 0. The van der Waals surface area contributed by atoms with Gasteiger partial charge in [0.2, 0.25) is 0 Å². The maximum Gasteiger partial charge on any atom is 0.160 e. The summed E-state index contributed by atoms with van der Waals surface area (Å²) in [7, 11) is 0. The van der Waals surface area contributed by atoms with Crippen molar-refractivity contribution in [1.29, 1.82) is 0 Å². The Kier molecular flexibility index (Phi) is 6.32. The van der Waals surface area contributed by atoms with Crippen LogP contribution in [0.25, 0.3) is 88.5 Å². The number of pyridine rings is 1. The van der Waals surface area contributed by atoms with Crippen LogP contribution in [-0.2, 0) is 0 Å². The van der Waals surface area contributed by atoms with Crippen LogP contribution in [0.4, 0.5) is 4.39 Å². The Labute approximate surface area is 271 Å². The van der Waals surface area contributed by atoms with Crippen molar-refractivity contribution in [3.63, 3.8) is 0 Å². The largest absolute Gasteiger partial charge is 0.265 e. The predicted octanol–water partition coefficient (Wildman–Crippen LogP) is 11.2. The smallest absolute Gasteiger partial charge is 0.160 e. The van der Waals surface area contributed by atoms with E-state index in [0.717, 1.165) is 44.8 Å². The molecule has 0 saturated heterocycles. The summed E-state index contributed by atoms with van der Waals surface area (Å²) in [5.74, 6) is 0.333. The minimum atomic E-state index is -0.280. The molecule has 2 aromatic heterocycles. The molecule has 0 aliphatic heterocycles. The molecule has 0 N–H and O–H groups in total. The van der Waals surface area contributed by atoms with E-state index in [1.807, 2.05) is 18.2 Å². The Morgan fingerprint density at radius 2 is 0.915 bits per heavy atom. The molecule has 9 rings (SSSR count). The summed E-state index contributed by atoms with van der Waals surface area (Å²) in [5.41, 5.74) is 8.77. The first-order valence-corrected chi connectivity index (χ1v) is 15.6. The van der Waals surface area contributed by atoms with Gasteiger partial charge in [0, 0.05) is 29.1 Å². The lowest BCUT2D eigenvalue weighted by molar-refractivity contribution is 0.628. The van der Waals surface area contributed by atoms with Gasteiger partial charge in [0.25, 0.3) is 0 Å². The van der Waals surface area contributed by atoms with Gasteiger partial charge in [0.1, 0.15) is 5.82 Å². The SMILES string of the molecule is Fc1ccc(-c2cc(-c3ccc(-c4ccncc4)cc3)nc(-c3ccc(-c4ccc5ccc6cccc7ccc4c5c67)cc3)n2)cc1. The molecular formula is C43H26FN3. The molecule has 7 aromatic carbocycles. The number of hydrogen-bond donors (Lipinski definition) is 0. The molecule has 4 heteroatoms. The normalized spacial score (nSPS) is 11.5.